The molecular weight excluding hydrogens is 261 g/mol. The summed E-state index contributed by atoms with van der Waals surface area (Å²) in [6.07, 6.45) is -4.55. The summed E-state index contributed by atoms with van der Waals surface area (Å²) in [5, 5.41) is 2.93. The number of nitrogens with two attached hydrogens (primary N) is 1. The van der Waals surface area contributed by atoms with Crippen molar-refractivity contribution in [1.29, 1.82) is 0 Å². The number of hydrogen-bond acceptors (Lipinski definition) is 3. The maximum absolute atomic E-state index is 12.9. The summed E-state index contributed by atoms with van der Waals surface area (Å²) in [6.45, 7) is 2.25. The first-order valence-electron chi connectivity index (χ1n) is 5.66. The molecule has 0 fully saturated rings. The van der Waals surface area contributed by atoms with E-state index in [-0.39, 0.29) is 0 Å². The highest BCUT2D eigenvalue weighted by molar-refractivity contribution is 5.75. The van der Waals surface area contributed by atoms with Crippen molar-refractivity contribution in [2.75, 3.05) is 13.2 Å². The van der Waals surface area contributed by atoms with E-state index in [2.05, 4.69) is 5.32 Å². The number of ether oxygens (including phenoxy) is 1. The third-order valence-corrected chi connectivity index (χ3v) is 2.30. The predicted octanol–water partition coefficient (Wildman–Crippen LogP) is 1.68. The normalized spacial score (nSPS) is 11.4. The lowest BCUT2D eigenvalue weighted by Gasteiger charge is -2.14. The van der Waals surface area contributed by atoms with E-state index in [9.17, 15) is 18.0 Å². The number of halogens is 3. The second kappa shape index (κ2) is 6.42. The Morgan fingerprint density at radius 2 is 2.11 bits per heavy atom. The SMILES string of the molecule is CCNCc1ccc(OCC(N)=O)c(C(F)(F)F)c1. The average molecular weight is 276 g/mol. The van der Waals surface area contributed by atoms with E-state index in [4.69, 9.17) is 10.5 Å². The van der Waals surface area contributed by atoms with Crippen molar-refractivity contribution in [3.8, 4) is 5.75 Å². The van der Waals surface area contributed by atoms with Crippen LogP contribution >= 0.6 is 0 Å². The number of benzene rings is 1. The summed E-state index contributed by atoms with van der Waals surface area (Å²) < 4.78 is 43.3. The van der Waals surface area contributed by atoms with Crippen LogP contribution in [-0.4, -0.2) is 19.1 Å². The minimum absolute atomic E-state index is 0.329. The highest BCUT2D eigenvalue weighted by atomic mass is 19.4. The number of amides is 1. The molecule has 0 spiro atoms. The van der Waals surface area contributed by atoms with E-state index in [1.54, 1.807) is 0 Å². The Balaban J connectivity index is 2.99. The van der Waals surface area contributed by atoms with Crippen LogP contribution in [0, 0.1) is 0 Å². The van der Waals surface area contributed by atoms with E-state index < -0.39 is 30.0 Å². The van der Waals surface area contributed by atoms with Crippen LogP contribution < -0.4 is 15.8 Å². The molecule has 0 atom stereocenters. The van der Waals surface area contributed by atoms with Crippen molar-refractivity contribution in [3.63, 3.8) is 0 Å². The molecule has 1 rings (SSSR count). The molecule has 1 aromatic rings. The smallest absolute Gasteiger partial charge is 0.419 e. The first kappa shape index (κ1) is 15.3. The quantitative estimate of drug-likeness (QED) is 0.831. The van der Waals surface area contributed by atoms with Crippen LogP contribution in [0.4, 0.5) is 13.2 Å². The minimum atomic E-state index is -4.55. The monoisotopic (exact) mass is 276 g/mol. The van der Waals surface area contributed by atoms with Crippen LogP contribution in [0.3, 0.4) is 0 Å². The lowest BCUT2D eigenvalue weighted by molar-refractivity contribution is -0.139. The molecule has 0 aliphatic rings. The van der Waals surface area contributed by atoms with Gasteiger partial charge in [-0.25, -0.2) is 0 Å². The molecule has 0 aromatic heterocycles. The van der Waals surface area contributed by atoms with Gasteiger partial charge in [0.1, 0.15) is 5.75 Å². The molecule has 0 aliphatic carbocycles. The molecule has 19 heavy (non-hydrogen) atoms. The average Bonchev–Trinajstić information content (AvgIpc) is 2.33. The van der Waals surface area contributed by atoms with Gasteiger partial charge in [-0.05, 0) is 24.2 Å². The van der Waals surface area contributed by atoms with Crippen LogP contribution in [-0.2, 0) is 17.5 Å². The fourth-order valence-electron chi connectivity index (χ4n) is 1.45. The molecule has 0 heterocycles. The molecule has 0 saturated heterocycles. The molecule has 0 unspecified atom stereocenters. The largest absolute Gasteiger partial charge is 0.483 e. The van der Waals surface area contributed by atoms with Gasteiger partial charge in [0.2, 0.25) is 0 Å². The summed E-state index contributed by atoms with van der Waals surface area (Å²) in [7, 11) is 0. The van der Waals surface area contributed by atoms with Crippen LogP contribution in [0.1, 0.15) is 18.1 Å². The van der Waals surface area contributed by atoms with Gasteiger partial charge in [-0.2, -0.15) is 13.2 Å². The Bertz CT molecular complexity index is 447. The number of nitrogens with one attached hydrogen (secondary N) is 1. The lowest BCUT2D eigenvalue weighted by atomic mass is 10.1. The molecule has 0 bridgehead atoms. The van der Waals surface area contributed by atoms with Crippen molar-refractivity contribution in [2.24, 2.45) is 5.73 Å². The second-order valence-electron chi connectivity index (χ2n) is 3.86. The van der Waals surface area contributed by atoms with Gasteiger partial charge < -0.3 is 15.8 Å². The zero-order valence-corrected chi connectivity index (χ0v) is 10.4. The second-order valence-corrected chi connectivity index (χ2v) is 3.86. The zero-order chi connectivity index (χ0) is 14.5. The molecule has 0 radical (unpaired) electrons. The molecular formula is C12H15F3N2O2. The van der Waals surface area contributed by atoms with Crippen molar-refractivity contribution in [1.82, 2.24) is 5.32 Å². The number of hydrogen-bond donors (Lipinski definition) is 2. The molecule has 0 aliphatic heterocycles. The zero-order valence-electron chi connectivity index (χ0n) is 10.4. The van der Waals surface area contributed by atoms with Gasteiger partial charge in [-0.3, -0.25) is 4.79 Å². The van der Waals surface area contributed by atoms with Crippen LogP contribution in [0.2, 0.25) is 0 Å². The molecule has 4 nitrogen and oxygen atoms in total. The summed E-state index contributed by atoms with van der Waals surface area (Å²) in [4.78, 5) is 10.5. The standard InChI is InChI=1S/C12H15F3N2O2/c1-2-17-6-8-3-4-10(19-7-11(16)18)9(5-8)12(13,14)15/h3-5,17H,2,6-7H2,1H3,(H2,16,18). The van der Waals surface area contributed by atoms with Gasteiger partial charge in [-0.15, -0.1) is 0 Å². The predicted molar refractivity (Wildman–Crippen MR) is 63.5 cm³/mol. The Labute approximate surface area is 108 Å². The molecule has 1 amide bonds. The number of rotatable bonds is 6. The summed E-state index contributed by atoms with van der Waals surface area (Å²) in [5.74, 6) is -1.23. The summed E-state index contributed by atoms with van der Waals surface area (Å²) in [6, 6.07) is 3.70. The van der Waals surface area contributed by atoms with Gasteiger partial charge in [0.05, 0.1) is 5.56 Å². The Hall–Kier alpha value is -1.76. The highest BCUT2D eigenvalue weighted by Gasteiger charge is 2.34. The van der Waals surface area contributed by atoms with Crippen molar-refractivity contribution in [2.45, 2.75) is 19.6 Å². The first-order chi connectivity index (χ1) is 8.84. The summed E-state index contributed by atoms with van der Waals surface area (Å²) in [5.41, 5.74) is 4.41. The Morgan fingerprint density at radius 1 is 1.42 bits per heavy atom. The molecule has 7 heteroatoms. The number of carbonyl (C=O) groups excluding carboxylic acids is 1. The van der Waals surface area contributed by atoms with E-state index in [0.29, 0.717) is 18.7 Å². The van der Waals surface area contributed by atoms with Crippen LogP contribution in [0.15, 0.2) is 18.2 Å². The fraction of sp³-hybridized carbons (Fsp3) is 0.417. The van der Waals surface area contributed by atoms with Gasteiger partial charge in [0.25, 0.3) is 5.91 Å². The maximum atomic E-state index is 12.9. The van der Waals surface area contributed by atoms with Gasteiger partial charge in [-0.1, -0.05) is 13.0 Å². The highest BCUT2D eigenvalue weighted by Crippen LogP contribution is 2.36. The summed E-state index contributed by atoms with van der Waals surface area (Å²) >= 11 is 0. The van der Waals surface area contributed by atoms with Crippen LogP contribution in [0.5, 0.6) is 5.75 Å². The van der Waals surface area contributed by atoms with Crippen molar-refractivity contribution >= 4 is 5.91 Å². The van der Waals surface area contributed by atoms with Gasteiger partial charge in [0, 0.05) is 6.54 Å². The topological polar surface area (TPSA) is 64.3 Å². The fourth-order valence-corrected chi connectivity index (χ4v) is 1.45. The number of alkyl halides is 3. The number of carbonyl (C=O) groups is 1. The third kappa shape index (κ3) is 4.78. The Morgan fingerprint density at radius 3 is 2.63 bits per heavy atom. The van der Waals surface area contributed by atoms with Crippen molar-refractivity contribution in [3.05, 3.63) is 29.3 Å². The molecule has 3 N–H and O–H groups in total. The first-order valence-corrected chi connectivity index (χ1v) is 5.66. The van der Waals surface area contributed by atoms with Crippen molar-refractivity contribution < 1.29 is 22.7 Å². The number of primary amides is 1. The van der Waals surface area contributed by atoms with E-state index in [1.165, 1.54) is 12.1 Å². The third-order valence-electron chi connectivity index (χ3n) is 2.30. The van der Waals surface area contributed by atoms with E-state index in [0.717, 1.165) is 6.07 Å². The Kier molecular flexibility index (Phi) is 5.17. The van der Waals surface area contributed by atoms with Gasteiger partial charge >= 0.3 is 6.18 Å². The van der Waals surface area contributed by atoms with E-state index >= 15 is 0 Å². The van der Waals surface area contributed by atoms with Crippen LogP contribution in [0.25, 0.3) is 0 Å². The lowest BCUT2D eigenvalue weighted by Crippen LogP contribution is -2.21. The molecule has 106 valence electrons. The van der Waals surface area contributed by atoms with E-state index in [1.807, 2.05) is 6.92 Å². The maximum Gasteiger partial charge on any atom is 0.419 e. The van der Waals surface area contributed by atoms with Gasteiger partial charge in [0.15, 0.2) is 6.61 Å². The minimum Gasteiger partial charge on any atom is -0.483 e. The molecule has 0 saturated carbocycles. The molecule has 1 aromatic carbocycles.